The van der Waals surface area contributed by atoms with Crippen molar-refractivity contribution in [3.63, 3.8) is 0 Å². The molecular weight excluding hydrogens is 340 g/mol. The molecule has 1 aliphatic carbocycles. The van der Waals surface area contributed by atoms with Gasteiger partial charge in [0.1, 0.15) is 11.5 Å². The van der Waals surface area contributed by atoms with Crippen LogP contribution >= 0.6 is 0 Å². The van der Waals surface area contributed by atoms with E-state index in [1.807, 2.05) is 12.1 Å². The summed E-state index contributed by atoms with van der Waals surface area (Å²) < 4.78 is 5.27. The number of nitrogens with two attached hydrogens (primary N) is 1. The lowest BCUT2D eigenvalue weighted by Gasteiger charge is -2.36. The molecule has 0 radical (unpaired) electrons. The summed E-state index contributed by atoms with van der Waals surface area (Å²) in [4.78, 5) is 25.3. The van der Waals surface area contributed by atoms with Crippen LogP contribution in [0.4, 0.5) is 5.69 Å². The van der Waals surface area contributed by atoms with E-state index in [0.29, 0.717) is 35.6 Å². The van der Waals surface area contributed by atoms with Gasteiger partial charge in [0.15, 0.2) is 0 Å². The minimum atomic E-state index is -0.621. The van der Waals surface area contributed by atoms with Gasteiger partial charge >= 0.3 is 0 Å². The molecular formula is C22H34N2O3. The van der Waals surface area contributed by atoms with Crippen LogP contribution in [0.2, 0.25) is 0 Å². The van der Waals surface area contributed by atoms with Crippen LogP contribution < -0.4 is 15.8 Å². The molecule has 0 saturated heterocycles. The highest BCUT2D eigenvalue weighted by Gasteiger charge is 2.35. The summed E-state index contributed by atoms with van der Waals surface area (Å²) >= 11 is 0. The van der Waals surface area contributed by atoms with Gasteiger partial charge in [0.2, 0.25) is 5.91 Å². The molecule has 27 heavy (non-hydrogen) atoms. The van der Waals surface area contributed by atoms with Gasteiger partial charge in [-0.15, -0.1) is 0 Å². The van der Waals surface area contributed by atoms with Crippen LogP contribution in [-0.4, -0.2) is 24.8 Å². The van der Waals surface area contributed by atoms with Crippen molar-refractivity contribution in [1.29, 1.82) is 0 Å². The van der Waals surface area contributed by atoms with Gasteiger partial charge in [-0.25, -0.2) is 0 Å². The van der Waals surface area contributed by atoms with E-state index in [-0.39, 0.29) is 17.6 Å². The third-order valence-corrected chi connectivity index (χ3v) is 5.79. The average molecular weight is 375 g/mol. The number of Topliss-reactive ketones (excluding diaryl/α,β-unsaturated/α-hetero) is 1. The lowest BCUT2D eigenvalue weighted by molar-refractivity contribution is -0.126. The molecule has 1 aliphatic rings. The number of ketones is 1. The zero-order valence-corrected chi connectivity index (χ0v) is 17.2. The first-order valence-electron chi connectivity index (χ1n) is 9.99. The molecule has 1 aromatic carbocycles. The molecule has 0 aromatic heterocycles. The second-order valence-corrected chi connectivity index (χ2v) is 8.38. The number of hydrogen-bond donors (Lipinski definition) is 2. The number of rotatable bonds is 7. The van der Waals surface area contributed by atoms with Crippen LogP contribution in [-0.2, 0) is 16.0 Å². The Morgan fingerprint density at radius 1 is 1.26 bits per heavy atom. The fourth-order valence-corrected chi connectivity index (χ4v) is 4.09. The van der Waals surface area contributed by atoms with E-state index < -0.39 is 6.04 Å². The Morgan fingerprint density at radius 2 is 1.96 bits per heavy atom. The zero-order valence-electron chi connectivity index (χ0n) is 17.2. The average Bonchev–Trinajstić information content (AvgIpc) is 2.62. The maximum absolute atomic E-state index is 13.2. The molecule has 5 nitrogen and oxygen atoms in total. The smallest absolute Gasteiger partial charge is 0.241 e. The SMILES string of the molecule is COc1ccc(CC(=O)[C@@H]2C[C@H](C)CC[C@H]2C(C)C)c(NC(=O)[C@H](C)N)c1. The van der Waals surface area contributed by atoms with Crippen molar-refractivity contribution in [3.8, 4) is 5.75 Å². The predicted molar refractivity (Wildman–Crippen MR) is 109 cm³/mol. The Bertz CT molecular complexity index is 670. The standard InChI is InChI=1S/C22H34N2O3/c1-13(2)18-9-6-14(3)10-19(18)21(25)11-16-7-8-17(27-5)12-20(16)24-22(26)15(4)23/h7-8,12-15,18-19H,6,9-11,23H2,1-5H3,(H,24,26)/t14-,15+,18+,19-/m1/s1. The molecule has 150 valence electrons. The van der Waals surface area contributed by atoms with Crippen LogP contribution in [0.1, 0.15) is 52.5 Å². The van der Waals surface area contributed by atoms with Crippen LogP contribution in [0.15, 0.2) is 18.2 Å². The molecule has 0 aliphatic heterocycles. The van der Waals surface area contributed by atoms with Crippen molar-refractivity contribution >= 4 is 17.4 Å². The maximum Gasteiger partial charge on any atom is 0.241 e. The van der Waals surface area contributed by atoms with Gasteiger partial charge in [0.05, 0.1) is 13.2 Å². The molecule has 3 N–H and O–H groups in total. The van der Waals surface area contributed by atoms with Crippen molar-refractivity contribution in [2.24, 2.45) is 29.4 Å². The first kappa shape index (κ1) is 21.4. The normalized spacial score (nSPS) is 23.7. The Kier molecular flexibility index (Phi) is 7.42. The van der Waals surface area contributed by atoms with Gasteiger partial charge in [-0.05, 0) is 49.1 Å². The first-order chi connectivity index (χ1) is 12.7. The van der Waals surface area contributed by atoms with Gasteiger partial charge in [0, 0.05) is 24.1 Å². The molecule has 0 heterocycles. The second-order valence-electron chi connectivity index (χ2n) is 8.38. The molecule has 0 spiro atoms. The van der Waals surface area contributed by atoms with E-state index in [4.69, 9.17) is 10.5 Å². The van der Waals surface area contributed by atoms with Gasteiger partial charge in [-0.3, -0.25) is 9.59 Å². The second kappa shape index (κ2) is 9.36. The van der Waals surface area contributed by atoms with E-state index in [2.05, 4.69) is 26.1 Å². The van der Waals surface area contributed by atoms with Crippen molar-refractivity contribution < 1.29 is 14.3 Å². The number of benzene rings is 1. The third-order valence-electron chi connectivity index (χ3n) is 5.79. The Balaban J connectivity index is 2.23. The van der Waals surface area contributed by atoms with Crippen LogP contribution in [0.3, 0.4) is 0 Å². The number of carbonyl (C=O) groups excluding carboxylic acids is 2. The minimum absolute atomic E-state index is 0.0906. The van der Waals surface area contributed by atoms with E-state index in [1.54, 1.807) is 20.1 Å². The van der Waals surface area contributed by atoms with Crippen LogP contribution in [0, 0.1) is 23.7 Å². The molecule has 0 unspecified atom stereocenters. The fraction of sp³-hybridized carbons (Fsp3) is 0.636. The number of nitrogens with one attached hydrogen (secondary N) is 1. The van der Waals surface area contributed by atoms with Gasteiger partial charge in [0.25, 0.3) is 0 Å². The Morgan fingerprint density at radius 3 is 2.56 bits per heavy atom. The number of hydrogen-bond acceptors (Lipinski definition) is 4. The van der Waals surface area contributed by atoms with Crippen molar-refractivity contribution in [2.75, 3.05) is 12.4 Å². The highest BCUT2D eigenvalue weighted by Crippen LogP contribution is 2.39. The lowest BCUT2D eigenvalue weighted by atomic mass is 9.68. The topological polar surface area (TPSA) is 81.4 Å². The summed E-state index contributed by atoms with van der Waals surface area (Å²) in [5.41, 5.74) is 7.10. The molecule has 2 rings (SSSR count). The number of methoxy groups -OCH3 is 1. The quantitative estimate of drug-likeness (QED) is 0.760. The van der Waals surface area contributed by atoms with E-state index >= 15 is 0 Å². The minimum Gasteiger partial charge on any atom is -0.497 e. The number of ether oxygens (including phenoxy) is 1. The number of amides is 1. The van der Waals surface area contributed by atoms with Gasteiger partial charge in [-0.1, -0.05) is 33.3 Å². The maximum atomic E-state index is 13.2. The zero-order chi connectivity index (χ0) is 20.1. The summed E-state index contributed by atoms with van der Waals surface area (Å²) in [6, 6.07) is 4.83. The van der Waals surface area contributed by atoms with Gasteiger partial charge < -0.3 is 15.8 Å². The summed E-state index contributed by atoms with van der Waals surface area (Å²) in [7, 11) is 1.58. The number of anilines is 1. The molecule has 1 saturated carbocycles. The lowest BCUT2D eigenvalue weighted by Crippen LogP contribution is -2.35. The number of carbonyl (C=O) groups is 2. The molecule has 1 fully saturated rings. The van der Waals surface area contributed by atoms with Crippen LogP contribution in [0.25, 0.3) is 0 Å². The third kappa shape index (κ3) is 5.55. The van der Waals surface area contributed by atoms with Crippen molar-refractivity contribution in [3.05, 3.63) is 23.8 Å². The van der Waals surface area contributed by atoms with E-state index in [9.17, 15) is 9.59 Å². The first-order valence-corrected chi connectivity index (χ1v) is 9.99. The molecule has 4 atom stereocenters. The summed E-state index contributed by atoms with van der Waals surface area (Å²) in [6.45, 7) is 8.29. The van der Waals surface area contributed by atoms with Crippen molar-refractivity contribution in [1.82, 2.24) is 0 Å². The summed E-state index contributed by atoms with van der Waals surface area (Å²) in [5, 5.41) is 2.84. The molecule has 0 bridgehead atoms. The monoisotopic (exact) mass is 374 g/mol. The largest absolute Gasteiger partial charge is 0.497 e. The highest BCUT2D eigenvalue weighted by atomic mass is 16.5. The van der Waals surface area contributed by atoms with E-state index in [1.165, 1.54) is 6.42 Å². The Labute approximate surface area is 163 Å². The molecule has 1 aromatic rings. The molecule has 1 amide bonds. The van der Waals surface area contributed by atoms with Gasteiger partial charge in [-0.2, -0.15) is 0 Å². The highest BCUT2D eigenvalue weighted by molar-refractivity contribution is 5.96. The predicted octanol–water partition coefficient (Wildman–Crippen LogP) is 3.80. The summed E-state index contributed by atoms with van der Waals surface area (Å²) in [6.07, 6.45) is 3.59. The van der Waals surface area contributed by atoms with E-state index in [0.717, 1.165) is 18.4 Å². The fourth-order valence-electron chi connectivity index (χ4n) is 4.09. The van der Waals surface area contributed by atoms with Crippen molar-refractivity contribution in [2.45, 2.75) is 59.4 Å². The van der Waals surface area contributed by atoms with Crippen LogP contribution in [0.5, 0.6) is 5.75 Å². The Hall–Kier alpha value is -1.88. The summed E-state index contributed by atoms with van der Waals surface area (Å²) in [5.74, 6) is 2.24. The molecule has 5 heteroatoms.